The van der Waals surface area contributed by atoms with Crippen LogP contribution in [0, 0.1) is 0 Å². The molecule has 16 heavy (non-hydrogen) atoms. The molecule has 4 heteroatoms. The van der Waals surface area contributed by atoms with Gasteiger partial charge in [-0.3, -0.25) is 4.90 Å². The van der Waals surface area contributed by atoms with Crippen LogP contribution in [-0.2, 0) is 0 Å². The van der Waals surface area contributed by atoms with E-state index in [0.29, 0.717) is 0 Å². The zero-order valence-electron chi connectivity index (χ0n) is 10.6. The number of hydrogen-bond donors (Lipinski definition) is 1. The molecule has 0 aromatic rings. The summed E-state index contributed by atoms with van der Waals surface area (Å²) >= 11 is 2.10. The van der Waals surface area contributed by atoms with E-state index in [-0.39, 0.29) is 0 Å². The molecule has 0 saturated carbocycles. The van der Waals surface area contributed by atoms with Crippen molar-refractivity contribution in [2.45, 2.75) is 25.4 Å². The Labute approximate surface area is 104 Å². The van der Waals surface area contributed by atoms with E-state index in [4.69, 9.17) is 0 Å². The highest BCUT2D eigenvalue weighted by atomic mass is 32.2. The van der Waals surface area contributed by atoms with Crippen LogP contribution in [-0.4, -0.2) is 73.2 Å². The van der Waals surface area contributed by atoms with Gasteiger partial charge < -0.3 is 10.2 Å². The van der Waals surface area contributed by atoms with Gasteiger partial charge in [-0.15, -0.1) is 0 Å². The molecule has 0 spiro atoms. The average Bonchev–Trinajstić information content (AvgIpc) is 2.33. The number of hydrogen-bond acceptors (Lipinski definition) is 4. The maximum atomic E-state index is 3.63. The van der Waals surface area contributed by atoms with Crippen molar-refractivity contribution >= 4 is 11.8 Å². The molecule has 2 unspecified atom stereocenters. The zero-order valence-corrected chi connectivity index (χ0v) is 11.4. The van der Waals surface area contributed by atoms with Crippen LogP contribution in [0.5, 0.6) is 0 Å². The molecule has 2 aliphatic heterocycles. The van der Waals surface area contributed by atoms with E-state index in [2.05, 4.69) is 40.8 Å². The van der Waals surface area contributed by atoms with Gasteiger partial charge in [-0.25, -0.2) is 0 Å². The van der Waals surface area contributed by atoms with E-state index in [0.717, 1.165) is 12.1 Å². The van der Waals surface area contributed by atoms with Gasteiger partial charge in [0.1, 0.15) is 0 Å². The lowest BCUT2D eigenvalue weighted by Gasteiger charge is -2.41. The Hall–Kier alpha value is 0.230. The molecule has 2 saturated heterocycles. The molecular weight excluding hydrogens is 218 g/mol. The SMILES string of the molecule is CCC1CN(CC2CSCCN2)CCN1C. The molecule has 0 aliphatic carbocycles. The van der Waals surface area contributed by atoms with Gasteiger partial charge in [-0.2, -0.15) is 11.8 Å². The molecule has 94 valence electrons. The molecule has 0 radical (unpaired) electrons. The van der Waals surface area contributed by atoms with Crippen LogP contribution >= 0.6 is 11.8 Å². The number of rotatable bonds is 3. The van der Waals surface area contributed by atoms with Gasteiger partial charge in [0.2, 0.25) is 0 Å². The Morgan fingerprint density at radius 2 is 2.25 bits per heavy atom. The summed E-state index contributed by atoms with van der Waals surface area (Å²) in [4.78, 5) is 5.16. The first-order chi connectivity index (χ1) is 7.79. The minimum atomic E-state index is 0.722. The third-order valence-electron chi connectivity index (χ3n) is 3.81. The van der Waals surface area contributed by atoms with E-state index >= 15 is 0 Å². The average molecular weight is 243 g/mol. The highest BCUT2D eigenvalue weighted by Gasteiger charge is 2.25. The lowest BCUT2D eigenvalue weighted by molar-refractivity contribution is 0.0877. The summed E-state index contributed by atoms with van der Waals surface area (Å²) in [6.45, 7) is 8.49. The summed E-state index contributed by atoms with van der Waals surface area (Å²) in [6.07, 6.45) is 1.28. The number of nitrogens with one attached hydrogen (secondary N) is 1. The summed E-state index contributed by atoms with van der Waals surface area (Å²) in [7, 11) is 2.26. The van der Waals surface area contributed by atoms with Crippen LogP contribution in [0.15, 0.2) is 0 Å². The van der Waals surface area contributed by atoms with Crippen molar-refractivity contribution in [2.75, 3.05) is 51.3 Å². The Morgan fingerprint density at radius 1 is 1.38 bits per heavy atom. The zero-order chi connectivity index (χ0) is 11.4. The quantitative estimate of drug-likeness (QED) is 0.787. The maximum absolute atomic E-state index is 3.63. The second kappa shape index (κ2) is 6.24. The maximum Gasteiger partial charge on any atom is 0.0285 e. The molecule has 0 amide bonds. The van der Waals surface area contributed by atoms with Gasteiger partial charge in [0.25, 0.3) is 0 Å². The van der Waals surface area contributed by atoms with Crippen LogP contribution < -0.4 is 5.32 Å². The van der Waals surface area contributed by atoms with Crippen molar-refractivity contribution in [2.24, 2.45) is 0 Å². The summed E-state index contributed by atoms with van der Waals surface area (Å²) < 4.78 is 0. The van der Waals surface area contributed by atoms with Gasteiger partial charge in [0, 0.05) is 56.3 Å². The Morgan fingerprint density at radius 3 is 2.94 bits per heavy atom. The topological polar surface area (TPSA) is 18.5 Å². The molecule has 2 heterocycles. The van der Waals surface area contributed by atoms with E-state index in [9.17, 15) is 0 Å². The van der Waals surface area contributed by atoms with E-state index < -0.39 is 0 Å². The molecule has 0 aromatic heterocycles. The second-order valence-corrected chi connectivity index (χ2v) is 6.18. The van der Waals surface area contributed by atoms with Crippen LogP contribution in [0.4, 0.5) is 0 Å². The lowest BCUT2D eigenvalue weighted by Crippen LogP contribution is -2.55. The monoisotopic (exact) mass is 243 g/mol. The molecule has 2 rings (SSSR count). The molecule has 0 aromatic carbocycles. The van der Waals surface area contributed by atoms with E-state index in [1.54, 1.807) is 0 Å². The van der Waals surface area contributed by atoms with Crippen molar-refractivity contribution in [1.82, 2.24) is 15.1 Å². The highest BCUT2D eigenvalue weighted by Crippen LogP contribution is 2.13. The van der Waals surface area contributed by atoms with Gasteiger partial charge in [-0.05, 0) is 13.5 Å². The molecule has 2 aliphatic rings. The normalized spacial score (nSPS) is 34.1. The van der Waals surface area contributed by atoms with Crippen LogP contribution in [0.1, 0.15) is 13.3 Å². The highest BCUT2D eigenvalue weighted by molar-refractivity contribution is 7.99. The predicted octanol–water partition coefficient (Wildman–Crippen LogP) is 0.717. The van der Waals surface area contributed by atoms with Gasteiger partial charge in [0.05, 0.1) is 0 Å². The predicted molar refractivity (Wildman–Crippen MR) is 72.3 cm³/mol. The number of piperazine rings is 1. The minimum absolute atomic E-state index is 0.722. The summed E-state index contributed by atoms with van der Waals surface area (Å²) in [5, 5.41) is 3.63. The Balaban J connectivity index is 1.76. The third kappa shape index (κ3) is 3.36. The van der Waals surface area contributed by atoms with Gasteiger partial charge in [0.15, 0.2) is 0 Å². The van der Waals surface area contributed by atoms with Crippen molar-refractivity contribution in [1.29, 1.82) is 0 Å². The number of likely N-dealkylation sites (N-methyl/N-ethyl adjacent to an activating group) is 1. The van der Waals surface area contributed by atoms with Crippen LogP contribution in [0.3, 0.4) is 0 Å². The summed E-state index contributed by atoms with van der Waals surface area (Å²) in [5.41, 5.74) is 0. The molecule has 1 N–H and O–H groups in total. The molecule has 2 atom stereocenters. The van der Waals surface area contributed by atoms with E-state index in [1.165, 1.54) is 50.7 Å². The standard InChI is InChI=1S/C12H25N3S/c1-3-12-9-15(6-5-14(12)2)8-11-10-16-7-4-13-11/h11-13H,3-10H2,1-2H3. The minimum Gasteiger partial charge on any atom is -0.311 e. The largest absolute Gasteiger partial charge is 0.311 e. The fraction of sp³-hybridized carbons (Fsp3) is 1.00. The van der Waals surface area contributed by atoms with Crippen molar-refractivity contribution in [3.8, 4) is 0 Å². The summed E-state index contributed by atoms with van der Waals surface area (Å²) in [6, 6.07) is 1.49. The molecule has 3 nitrogen and oxygen atoms in total. The smallest absolute Gasteiger partial charge is 0.0285 e. The molecule has 2 fully saturated rings. The number of thioether (sulfide) groups is 1. The van der Waals surface area contributed by atoms with Crippen LogP contribution in [0.25, 0.3) is 0 Å². The van der Waals surface area contributed by atoms with E-state index in [1.807, 2.05) is 0 Å². The van der Waals surface area contributed by atoms with Gasteiger partial charge in [-0.1, -0.05) is 6.92 Å². The number of nitrogens with zero attached hydrogens (tertiary/aromatic N) is 2. The van der Waals surface area contributed by atoms with Gasteiger partial charge >= 0.3 is 0 Å². The first-order valence-corrected chi connectivity index (χ1v) is 7.68. The molecule has 0 bridgehead atoms. The van der Waals surface area contributed by atoms with Crippen molar-refractivity contribution < 1.29 is 0 Å². The van der Waals surface area contributed by atoms with Crippen molar-refractivity contribution in [3.63, 3.8) is 0 Å². The Bertz CT molecular complexity index is 206. The fourth-order valence-corrected chi connectivity index (χ4v) is 3.60. The first kappa shape index (κ1) is 12.7. The molecular formula is C12H25N3S. The third-order valence-corrected chi connectivity index (χ3v) is 4.94. The van der Waals surface area contributed by atoms with Crippen LogP contribution in [0.2, 0.25) is 0 Å². The Kier molecular flexibility index (Phi) is 4.95. The first-order valence-electron chi connectivity index (χ1n) is 6.53. The fourth-order valence-electron chi connectivity index (χ4n) is 2.67. The second-order valence-electron chi connectivity index (χ2n) is 5.03. The summed E-state index contributed by atoms with van der Waals surface area (Å²) in [5.74, 6) is 2.58. The lowest BCUT2D eigenvalue weighted by atomic mass is 10.1. The van der Waals surface area contributed by atoms with Crippen molar-refractivity contribution in [3.05, 3.63) is 0 Å².